The number of nitrogens with two attached hydrogens (primary N) is 1. The minimum absolute atomic E-state index is 0.0486. The molecule has 0 unspecified atom stereocenters. The van der Waals surface area contributed by atoms with Crippen molar-refractivity contribution >= 4 is 33.3 Å². The molecule has 0 bridgehead atoms. The van der Waals surface area contributed by atoms with E-state index in [9.17, 15) is 13.2 Å². The number of ether oxygens (including phenoxy) is 1. The summed E-state index contributed by atoms with van der Waals surface area (Å²) >= 11 is 5.81. The fourth-order valence-electron chi connectivity index (χ4n) is 1.32. The second-order valence-corrected chi connectivity index (χ2v) is 5.79. The van der Waals surface area contributed by atoms with E-state index in [1.54, 1.807) is 6.92 Å². The predicted octanol–water partition coefficient (Wildman–Crippen LogP) is 1.15. The van der Waals surface area contributed by atoms with Gasteiger partial charge in [-0.1, -0.05) is 11.6 Å². The number of nitrogens with one attached hydrogen (secondary N) is 1. The number of hydrogen-bond donors (Lipinski definition) is 2. The van der Waals surface area contributed by atoms with Crippen molar-refractivity contribution in [3.8, 4) is 0 Å². The highest BCUT2D eigenvalue weighted by atomic mass is 35.5. The first-order chi connectivity index (χ1) is 8.86. The number of rotatable bonds is 6. The monoisotopic (exact) mass is 306 g/mol. The third-order valence-corrected chi connectivity index (χ3v) is 4.11. The highest BCUT2D eigenvalue weighted by Gasteiger charge is 2.18. The number of nitrogen functional groups attached to an aromatic ring is 1. The number of anilines is 1. The number of carbonyl (C=O) groups is 1. The van der Waals surface area contributed by atoms with Crippen LogP contribution in [0, 0.1) is 0 Å². The molecular formula is C11H15ClN2O4S. The lowest BCUT2D eigenvalue weighted by molar-refractivity contribution is -0.142. The predicted molar refractivity (Wildman–Crippen MR) is 72.3 cm³/mol. The van der Waals surface area contributed by atoms with Gasteiger partial charge in [0, 0.05) is 12.2 Å². The van der Waals surface area contributed by atoms with Crippen molar-refractivity contribution in [2.75, 3.05) is 18.9 Å². The molecule has 0 aliphatic heterocycles. The van der Waals surface area contributed by atoms with Crippen LogP contribution in [0.3, 0.4) is 0 Å². The Balaban J connectivity index is 2.71. The Kier molecular flexibility index (Phi) is 5.59. The molecule has 19 heavy (non-hydrogen) atoms. The van der Waals surface area contributed by atoms with Crippen molar-refractivity contribution in [2.24, 2.45) is 0 Å². The highest BCUT2D eigenvalue weighted by Crippen LogP contribution is 2.23. The van der Waals surface area contributed by atoms with E-state index < -0.39 is 16.0 Å². The Bertz CT molecular complexity index is 560. The van der Waals surface area contributed by atoms with Crippen LogP contribution in [0.25, 0.3) is 0 Å². The van der Waals surface area contributed by atoms with Crippen LogP contribution >= 0.6 is 11.6 Å². The topological polar surface area (TPSA) is 98.5 Å². The number of halogens is 1. The smallest absolute Gasteiger partial charge is 0.307 e. The van der Waals surface area contributed by atoms with Crippen molar-refractivity contribution in [1.29, 1.82) is 0 Å². The number of carbonyl (C=O) groups excluding carboxylic acids is 1. The van der Waals surface area contributed by atoms with Gasteiger partial charge in [-0.3, -0.25) is 4.79 Å². The van der Waals surface area contributed by atoms with E-state index in [0.29, 0.717) is 0 Å². The van der Waals surface area contributed by atoms with Crippen molar-refractivity contribution < 1.29 is 17.9 Å². The average molecular weight is 307 g/mol. The van der Waals surface area contributed by atoms with E-state index in [2.05, 4.69) is 9.46 Å². The summed E-state index contributed by atoms with van der Waals surface area (Å²) in [5.41, 5.74) is 5.80. The Morgan fingerprint density at radius 1 is 1.47 bits per heavy atom. The van der Waals surface area contributed by atoms with Crippen LogP contribution in [0.15, 0.2) is 23.1 Å². The molecule has 8 heteroatoms. The Morgan fingerprint density at radius 2 is 2.16 bits per heavy atom. The van der Waals surface area contributed by atoms with Gasteiger partial charge in [0.05, 0.1) is 18.1 Å². The summed E-state index contributed by atoms with van der Waals surface area (Å²) in [7, 11) is -3.79. The quantitative estimate of drug-likeness (QED) is 0.607. The number of esters is 1. The molecule has 1 aromatic rings. The fourth-order valence-corrected chi connectivity index (χ4v) is 2.89. The number of hydrogen-bond acceptors (Lipinski definition) is 5. The summed E-state index contributed by atoms with van der Waals surface area (Å²) in [5.74, 6) is -0.469. The van der Waals surface area contributed by atoms with Crippen LogP contribution in [0.4, 0.5) is 5.69 Å². The Morgan fingerprint density at radius 3 is 2.79 bits per heavy atom. The van der Waals surface area contributed by atoms with E-state index in [4.69, 9.17) is 17.3 Å². The molecule has 0 aromatic heterocycles. The average Bonchev–Trinajstić information content (AvgIpc) is 2.32. The zero-order chi connectivity index (χ0) is 14.5. The zero-order valence-electron chi connectivity index (χ0n) is 10.3. The first kappa shape index (κ1) is 15.7. The summed E-state index contributed by atoms with van der Waals surface area (Å²) in [6.45, 7) is 1.87. The van der Waals surface area contributed by atoms with Gasteiger partial charge in [0.25, 0.3) is 0 Å². The summed E-state index contributed by atoms with van der Waals surface area (Å²) in [6.07, 6.45) is -0.0486. The molecule has 0 atom stereocenters. The van der Waals surface area contributed by atoms with Gasteiger partial charge in [-0.15, -0.1) is 0 Å². The van der Waals surface area contributed by atoms with Crippen molar-refractivity contribution in [2.45, 2.75) is 18.2 Å². The SMILES string of the molecule is CCOC(=O)CCNS(=O)(=O)c1cc(N)ccc1Cl. The summed E-state index contributed by atoms with van der Waals surface area (Å²) in [5, 5.41) is 0.0674. The van der Waals surface area contributed by atoms with Crippen LogP contribution in [0.2, 0.25) is 5.02 Å². The maximum atomic E-state index is 11.9. The molecule has 0 saturated carbocycles. The van der Waals surface area contributed by atoms with Gasteiger partial charge in [0.15, 0.2) is 0 Å². The van der Waals surface area contributed by atoms with E-state index in [1.165, 1.54) is 18.2 Å². The molecule has 0 spiro atoms. The molecule has 0 amide bonds. The van der Waals surface area contributed by atoms with Crippen molar-refractivity contribution in [1.82, 2.24) is 4.72 Å². The standard InChI is InChI=1S/C11H15ClN2O4S/c1-2-18-11(15)5-6-14-19(16,17)10-7-8(13)3-4-9(10)12/h3-4,7,14H,2,5-6,13H2,1H3. The third-order valence-electron chi connectivity index (χ3n) is 2.17. The molecule has 1 rings (SSSR count). The van der Waals surface area contributed by atoms with Gasteiger partial charge in [0.1, 0.15) is 4.90 Å². The molecule has 3 N–H and O–H groups in total. The van der Waals surface area contributed by atoms with Gasteiger partial charge in [-0.05, 0) is 25.1 Å². The molecule has 0 fully saturated rings. The van der Waals surface area contributed by atoms with E-state index >= 15 is 0 Å². The largest absolute Gasteiger partial charge is 0.466 e. The molecule has 0 heterocycles. The van der Waals surface area contributed by atoms with E-state index in [1.807, 2.05) is 0 Å². The van der Waals surface area contributed by atoms with Crippen LogP contribution in [-0.4, -0.2) is 27.5 Å². The van der Waals surface area contributed by atoms with Gasteiger partial charge >= 0.3 is 5.97 Å². The number of sulfonamides is 1. The van der Waals surface area contributed by atoms with Crippen LogP contribution in [0.5, 0.6) is 0 Å². The molecule has 6 nitrogen and oxygen atoms in total. The Labute approximate surface area is 116 Å². The van der Waals surface area contributed by atoms with Gasteiger partial charge in [-0.25, -0.2) is 13.1 Å². The second kappa shape index (κ2) is 6.74. The van der Waals surface area contributed by atoms with Gasteiger partial charge < -0.3 is 10.5 Å². The van der Waals surface area contributed by atoms with E-state index in [-0.39, 0.29) is 35.2 Å². The second-order valence-electron chi connectivity index (χ2n) is 3.64. The van der Waals surface area contributed by atoms with Crippen LogP contribution < -0.4 is 10.5 Å². The maximum absolute atomic E-state index is 11.9. The summed E-state index contributed by atoms with van der Waals surface area (Å²) in [4.78, 5) is 11.0. The molecule has 0 radical (unpaired) electrons. The first-order valence-electron chi connectivity index (χ1n) is 5.57. The normalized spacial score (nSPS) is 11.3. The maximum Gasteiger partial charge on any atom is 0.307 e. The molecule has 0 aliphatic rings. The van der Waals surface area contributed by atoms with E-state index in [0.717, 1.165) is 0 Å². The first-order valence-corrected chi connectivity index (χ1v) is 7.43. The molecular weight excluding hydrogens is 292 g/mol. The molecule has 1 aromatic carbocycles. The zero-order valence-corrected chi connectivity index (χ0v) is 11.9. The molecule has 106 valence electrons. The third kappa shape index (κ3) is 4.70. The molecule has 0 aliphatic carbocycles. The van der Waals surface area contributed by atoms with Crippen LogP contribution in [0.1, 0.15) is 13.3 Å². The number of benzene rings is 1. The summed E-state index contributed by atoms with van der Waals surface area (Å²) < 4.78 is 30.8. The Hall–Kier alpha value is -1.31. The lowest BCUT2D eigenvalue weighted by Crippen LogP contribution is -2.27. The fraction of sp³-hybridized carbons (Fsp3) is 0.364. The lowest BCUT2D eigenvalue weighted by atomic mass is 10.3. The van der Waals surface area contributed by atoms with Crippen molar-refractivity contribution in [3.63, 3.8) is 0 Å². The summed E-state index contributed by atoms with van der Waals surface area (Å²) in [6, 6.07) is 4.16. The molecule has 0 saturated heterocycles. The minimum atomic E-state index is -3.79. The van der Waals surface area contributed by atoms with Gasteiger partial charge in [-0.2, -0.15) is 0 Å². The highest BCUT2D eigenvalue weighted by molar-refractivity contribution is 7.89. The van der Waals surface area contributed by atoms with Gasteiger partial charge in [0.2, 0.25) is 10.0 Å². The lowest BCUT2D eigenvalue weighted by Gasteiger charge is -2.08. The van der Waals surface area contributed by atoms with Crippen LogP contribution in [-0.2, 0) is 19.6 Å². The van der Waals surface area contributed by atoms with Crippen molar-refractivity contribution in [3.05, 3.63) is 23.2 Å². The minimum Gasteiger partial charge on any atom is -0.466 e.